The standard InChI is InChI=1S/C16H23N3.HI/c17-16(18-11-12-4-1-2-5-12)19-15-9-8-13-6-3-7-14(13)10-15;/h8-10,12H,1-7,11H2,(H3,17,18,19);1H. The zero-order valence-corrected chi connectivity index (χ0v) is 14.2. The quantitative estimate of drug-likeness (QED) is 0.474. The predicted octanol–water partition coefficient (Wildman–Crippen LogP) is 3.71. The van der Waals surface area contributed by atoms with Crippen molar-refractivity contribution < 1.29 is 0 Å². The van der Waals surface area contributed by atoms with Crippen LogP contribution < -0.4 is 11.1 Å². The summed E-state index contributed by atoms with van der Waals surface area (Å²) >= 11 is 0. The molecule has 1 saturated carbocycles. The Balaban J connectivity index is 0.00000147. The van der Waals surface area contributed by atoms with Crippen molar-refractivity contribution in [2.45, 2.75) is 44.9 Å². The highest BCUT2D eigenvalue weighted by molar-refractivity contribution is 14.0. The molecule has 0 heterocycles. The second-order valence-corrected chi connectivity index (χ2v) is 5.84. The molecule has 2 aliphatic carbocycles. The molecule has 3 N–H and O–H groups in total. The van der Waals surface area contributed by atoms with Crippen molar-refractivity contribution in [1.29, 1.82) is 0 Å². The Morgan fingerprint density at radius 1 is 1.15 bits per heavy atom. The van der Waals surface area contributed by atoms with Gasteiger partial charge in [0.15, 0.2) is 5.96 Å². The first-order valence-electron chi connectivity index (χ1n) is 7.50. The lowest BCUT2D eigenvalue weighted by molar-refractivity contribution is 0.563. The summed E-state index contributed by atoms with van der Waals surface area (Å²) in [5, 5.41) is 3.22. The number of nitrogens with one attached hydrogen (secondary N) is 1. The monoisotopic (exact) mass is 385 g/mol. The van der Waals surface area contributed by atoms with Gasteiger partial charge in [0.25, 0.3) is 0 Å². The van der Waals surface area contributed by atoms with Crippen molar-refractivity contribution in [1.82, 2.24) is 0 Å². The number of aryl methyl sites for hydroxylation is 2. The van der Waals surface area contributed by atoms with Crippen molar-refractivity contribution in [3.8, 4) is 0 Å². The molecule has 0 unspecified atom stereocenters. The molecule has 0 spiro atoms. The van der Waals surface area contributed by atoms with E-state index in [-0.39, 0.29) is 24.0 Å². The van der Waals surface area contributed by atoms with E-state index in [2.05, 4.69) is 28.5 Å². The largest absolute Gasteiger partial charge is 0.370 e. The fourth-order valence-corrected chi connectivity index (χ4v) is 3.26. The lowest BCUT2D eigenvalue weighted by Crippen LogP contribution is -2.23. The maximum absolute atomic E-state index is 5.97. The van der Waals surface area contributed by atoms with Gasteiger partial charge in [0.1, 0.15) is 0 Å². The van der Waals surface area contributed by atoms with Crippen molar-refractivity contribution in [2.24, 2.45) is 16.6 Å². The summed E-state index contributed by atoms with van der Waals surface area (Å²) < 4.78 is 0. The number of hydrogen-bond acceptors (Lipinski definition) is 1. The molecule has 0 aromatic heterocycles. The minimum Gasteiger partial charge on any atom is -0.370 e. The highest BCUT2D eigenvalue weighted by atomic mass is 127. The lowest BCUT2D eigenvalue weighted by atomic mass is 10.1. The zero-order chi connectivity index (χ0) is 13.1. The molecule has 20 heavy (non-hydrogen) atoms. The van der Waals surface area contributed by atoms with Crippen LogP contribution in [0.15, 0.2) is 23.2 Å². The second kappa shape index (κ2) is 7.29. The fraction of sp³-hybridized carbons (Fsp3) is 0.562. The fourth-order valence-electron chi connectivity index (χ4n) is 3.26. The number of rotatable bonds is 3. The number of fused-ring (bicyclic) bond motifs is 1. The topological polar surface area (TPSA) is 50.4 Å². The van der Waals surface area contributed by atoms with Crippen molar-refractivity contribution >= 4 is 35.6 Å². The van der Waals surface area contributed by atoms with Crippen LogP contribution in [-0.2, 0) is 12.8 Å². The molecule has 0 atom stereocenters. The van der Waals surface area contributed by atoms with Crippen LogP contribution >= 0.6 is 24.0 Å². The number of benzene rings is 1. The Bertz CT molecular complexity index is 479. The molecule has 1 fully saturated rings. The molecule has 1 aromatic rings. The Morgan fingerprint density at radius 3 is 2.70 bits per heavy atom. The third-order valence-electron chi connectivity index (χ3n) is 4.37. The number of nitrogens with zero attached hydrogens (tertiary/aromatic N) is 1. The summed E-state index contributed by atoms with van der Waals surface area (Å²) in [4.78, 5) is 4.48. The molecule has 0 aliphatic heterocycles. The van der Waals surface area contributed by atoms with Gasteiger partial charge in [0, 0.05) is 12.2 Å². The minimum atomic E-state index is 0. The van der Waals surface area contributed by atoms with E-state index in [9.17, 15) is 0 Å². The maximum atomic E-state index is 5.97. The van der Waals surface area contributed by atoms with Gasteiger partial charge < -0.3 is 11.1 Å². The minimum absolute atomic E-state index is 0. The van der Waals surface area contributed by atoms with Crippen LogP contribution in [0.1, 0.15) is 43.2 Å². The number of nitrogens with two attached hydrogens (primary N) is 1. The van der Waals surface area contributed by atoms with Gasteiger partial charge in [-0.05, 0) is 61.3 Å². The van der Waals surface area contributed by atoms with Crippen LogP contribution in [0, 0.1) is 5.92 Å². The smallest absolute Gasteiger partial charge is 0.193 e. The van der Waals surface area contributed by atoms with Crippen LogP contribution in [0.4, 0.5) is 5.69 Å². The van der Waals surface area contributed by atoms with Gasteiger partial charge in [-0.1, -0.05) is 18.9 Å². The van der Waals surface area contributed by atoms with Gasteiger partial charge in [-0.25, -0.2) is 0 Å². The normalized spacial score (nSPS) is 18.7. The second-order valence-electron chi connectivity index (χ2n) is 5.84. The Kier molecular flexibility index (Phi) is 5.69. The van der Waals surface area contributed by atoms with Crippen LogP contribution in [0.5, 0.6) is 0 Å². The first-order valence-corrected chi connectivity index (χ1v) is 7.50. The Morgan fingerprint density at radius 2 is 1.90 bits per heavy atom. The Labute approximate surface area is 138 Å². The molecular weight excluding hydrogens is 361 g/mol. The van der Waals surface area contributed by atoms with Crippen LogP contribution in [0.3, 0.4) is 0 Å². The number of guanidine groups is 1. The molecule has 4 heteroatoms. The van der Waals surface area contributed by atoms with E-state index in [0.717, 1.165) is 18.2 Å². The zero-order valence-electron chi connectivity index (χ0n) is 11.9. The van der Waals surface area contributed by atoms with Crippen LogP contribution in [0.25, 0.3) is 0 Å². The van der Waals surface area contributed by atoms with Crippen molar-refractivity contribution in [3.63, 3.8) is 0 Å². The van der Waals surface area contributed by atoms with E-state index in [1.54, 1.807) is 0 Å². The highest BCUT2D eigenvalue weighted by Crippen LogP contribution is 2.26. The summed E-state index contributed by atoms with van der Waals surface area (Å²) in [6.07, 6.45) is 9.05. The number of aliphatic imine (C=N–C) groups is 1. The summed E-state index contributed by atoms with van der Waals surface area (Å²) in [5.41, 5.74) is 10.0. The molecule has 3 nitrogen and oxygen atoms in total. The van der Waals surface area contributed by atoms with E-state index in [4.69, 9.17) is 5.73 Å². The van der Waals surface area contributed by atoms with E-state index in [1.807, 2.05) is 0 Å². The predicted molar refractivity (Wildman–Crippen MR) is 96.0 cm³/mol. The number of anilines is 1. The first-order chi connectivity index (χ1) is 9.31. The summed E-state index contributed by atoms with van der Waals surface area (Å²) in [6.45, 7) is 0.879. The molecule has 0 saturated heterocycles. The van der Waals surface area contributed by atoms with Gasteiger partial charge in [-0.2, -0.15) is 0 Å². The third-order valence-corrected chi connectivity index (χ3v) is 4.37. The average Bonchev–Trinajstić information content (AvgIpc) is 3.07. The van der Waals surface area contributed by atoms with E-state index in [0.29, 0.717) is 5.96 Å². The Hall–Kier alpha value is -0.780. The van der Waals surface area contributed by atoms with Gasteiger partial charge in [-0.15, -0.1) is 24.0 Å². The molecule has 0 bridgehead atoms. The van der Waals surface area contributed by atoms with E-state index >= 15 is 0 Å². The third kappa shape index (κ3) is 3.87. The average molecular weight is 385 g/mol. The van der Waals surface area contributed by atoms with Crippen LogP contribution in [-0.4, -0.2) is 12.5 Å². The van der Waals surface area contributed by atoms with E-state index < -0.39 is 0 Å². The number of hydrogen-bond donors (Lipinski definition) is 2. The summed E-state index contributed by atoms with van der Waals surface area (Å²) in [7, 11) is 0. The molecule has 2 aliphatic rings. The summed E-state index contributed by atoms with van der Waals surface area (Å²) in [5.74, 6) is 1.31. The highest BCUT2D eigenvalue weighted by Gasteiger charge is 2.14. The van der Waals surface area contributed by atoms with Crippen molar-refractivity contribution in [2.75, 3.05) is 11.9 Å². The molecular formula is C16H24IN3. The van der Waals surface area contributed by atoms with E-state index in [1.165, 1.54) is 56.1 Å². The maximum Gasteiger partial charge on any atom is 0.193 e. The van der Waals surface area contributed by atoms with Crippen LogP contribution in [0.2, 0.25) is 0 Å². The number of halogens is 1. The van der Waals surface area contributed by atoms with Gasteiger partial charge in [0.2, 0.25) is 0 Å². The molecule has 0 amide bonds. The molecule has 110 valence electrons. The SMILES string of the molecule is I.NC(=NCC1CCCC1)Nc1ccc2c(c1)CCC2. The van der Waals surface area contributed by atoms with Gasteiger partial charge in [0.05, 0.1) is 0 Å². The molecule has 0 radical (unpaired) electrons. The van der Waals surface area contributed by atoms with Gasteiger partial charge in [-0.3, -0.25) is 4.99 Å². The summed E-state index contributed by atoms with van der Waals surface area (Å²) in [6, 6.07) is 6.55. The van der Waals surface area contributed by atoms with Crippen molar-refractivity contribution in [3.05, 3.63) is 29.3 Å². The molecule has 1 aromatic carbocycles. The van der Waals surface area contributed by atoms with Gasteiger partial charge >= 0.3 is 0 Å². The first kappa shape index (κ1) is 15.6. The lowest BCUT2D eigenvalue weighted by Gasteiger charge is -2.09. The molecule has 3 rings (SSSR count).